The fraction of sp³-hybridized carbons (Fsp3) is 0.391. The van der Waals surface area contributed by atoms with Gasteiger partial charge in [-0.2, -0.15) is 0 Å². The van der Waals surface area contributed by atoms with Crippen molar-refractivity contribution < 1.29 is 22.7 Å². The van der Waals surface area contributed by atoms with E-state index >= 15 is 0 Å². The molecule has 0 saturated carbocycles. The van der Waals surface area contributed by atoms with Gasteiger partial charge < -0.3 is 15.0 Å². The first-order valence-electron chi connectivity index (χ1n) is 10.4. The van der Waals surface area contributed by atoms with Crippen LogP contribution in [0.5, 0.6) is 0 Å². The Bertz CT molecular complexity index is 1110. The molecule has 1 aliphatic rings. The molecule has 2 amide bonds. The lowest BCUT2D eigenvalue weighted by atomic mass is 10.1. The van der Waals surface area contributed by atoms with Crippen LogP contribution in [0.4, 0.5) is 11.4 Å². The lowest BCUT2D eigenvalue weighted by molar-refractivity contribution is -0.116. The van der Waals surface area contributed by atoms with Crippen LogP contribution in [-0.4, -0.2) is 63.7 Å². The average molecular weight is 460 g/mol. The molecule has 0 spiro atoms. The molecule has 1 atom stereocenters. The molecule has 1 N–H and O–H groups in total. The SMILES string of the molecule is Cc1ccc(N([C@H](C)C(=O)Nc2ccccc2C(=O)N2CCOCC2)S(C)(=O)=O)cc1C. The van der Waals surface area contributed by atoms with Gasteiger partial charge in [0.05, 0.1) is 36.4 Å². The third-order valence-electron chi connectivity index (χ3n) is 5.55. The van der Waals surface area contributed by atoms with Gasteiger partial charge in [0, 0.05) is 13.1 Å². The molecule has 8 nitrogen and oxygen atoms in total. The number of hydrogen-bond acceptors (Lipinski definition) is 5. The molecule has 0 radical (unpaired) electrons. The zero-order valence-electron chi connectivity index (χ0n) is 18.8. The highest BCUT2D eigenvalue weighted by atomic mass is 32.2. The molecule has 9 heteroatoms. The maximum Gasteiger partial charge on any atom is 0.256 e. The number of benzene rings is 2. The van der Waals surface area contributed by atoms with Crippen LogP contribution in [0.25, 0.3) is 0 Å². The van der Waals surface area contributed by atoms with E-state index in [1.807, 2.05) is 19.9 Å². The summed E-state index contributed by atoms with van der Waals surface area (Å²) in [4.78, 5) is 27.8. The molecule has 0 aromatic heterocycles. The van der Waals surface area contributed by atoms with E-state index in [4.69, 9.17) is 4.74 Å². The number of nitrogens with zero attached hydrogens (tertiary/aromatic N) is 2. The first-order valence-corrected chi connectivity index (χ1v) is 12.3. The summed E-state index contributed by atoms with van der Waals surface area (Å²) in [5.41, 5.74) is 3.05. The number of amides is 2. The summed E-state index contributed by atoms with van der Waals surface area (Å²) in [6.45, 7) is 7.24. The van der Waals surface area contributed by atoms with E-state index in [0.29, 0.717) is 43.2 Å². The highest BCUT2D eigenvalue weighted by molar-refractivity contribution is 7.92. The Morgan fingerprint density at radius 2 is 1.72 bits per heavy atom. The molecular formula is C23H29N3O5S. The van der Waals surface area contributed by atoms with Crippen molar-refractivity contribution >= 4 is 33.2 Å². The van der Waals surface area contributed by atoms with Crippen LogP contribution in [0.1, 0.15) is 28.4 Å². The van der Waals surface area contributed by atoms with Crippen molar-refractivity contribution in [1.82, 2.24) is 4.90 Å². The van der Waals surface area contributed by atoms with E-state index in [9.17, 15) is 18.0 Å². The van der Waals surface area contributed by atoms with Gasteiger partial charge in [-0.1, -0.05) is 18.2 Å². The lowest BCUT2D eigenvalue weighted by Gasteiger charge is -2.30. The summed E-state index contributed by atoms with van der Waals surface area (Å²) in [6, 6.07) is 11.0. The molecule has 2 aromatic rings. The number of ether oxygens (including phenoxy) is 1. The van der Waals surface area contributed by atoms with Crippen molar-refractivity contribution in [3.05, 3.63) is 59.2 Å². The third-order valence-corrected chi connectivity index (χ3v) is 6.79. The maximum absolute atomic E-state index is 13.1. The van der Waals surface area contributed by atoms with Crippen LogP contribution in [0, 0.1) is 13.8 Å². The van der Waals surface area contributed by atoms with Gasteiger partial charge >= 0.3 is 0 Å². The maximum atomic E-state index is 13.1. The summed E-state index contributed by atoms with van der Waals surface area (Å²) in [5.74, 6) is -0.734. The van der Waals surface area contributed by atoms with Crippen LogP contribution in [0.15, 0.2) is 42.5 Å². The number of morpholine rings is 1. The van der Waals surface area contributed by atoms with Crippen LogP contribution >= 0.6 is 0 Å². The number of carbonyl (C=O) groups excluding carboxylic acids is 2. The minimum Gasteiger partial charge on any atom is -0.378 e. The predicted molar refractivity (Wildman–Crippen MR) is 124 cm³/mol. The molecule has 1 fully saturated rings. The quantitative estimate of drug-likeness (QED) is 0.716. The molecule has 0 aliphatic carbocycles. The topological polar surface area (TPSA) is 96.0 Å². The molecule has 1 aliphatic heterocycles. The first kappa shape index (κ1) is 23.7. The van der Waals surface area contributed by atoms with Gasteiger partial charge in [0.15, 0.2) is 0 Å². The summed E-state index contributed by atoms with van der Waals surface area (Å²) in [6.07, 6.45) is 1.07. The number of rotatable bonds is 6. The average Bonchev–Trinajstić information content (AvgIpc) is 2.76. The van der Waals surface area contributed by atoms with Crippen LogP contribution in [0.2, 0.25) is 0 Å². The second-order valence-corrected chi connectivity index (χ2v) is 9.80. The summed E-state index contributed by atoms with van der Waals surface area (Å²) >= 11 is 0. The van der Waals surface area contributed by atoms with Gasteiger partial charge in [-0.05, 0) is 56.2 Å². The predicted octanol–water partition coefficient (Wildman–Crippen LogP) is 2.57. The smallest absolute Gasteiger partial charge is 0.256 e. The van der Waals surface area contributed by atoms with Crippen LogP contribution in [-0.2, 0) is 19.6 Å². The zero-order chi connectivity index (χ0) is 23.5. The lowest BCUT2D eigenvalue weighted by Crippen LogP contribution is -2.45. The molecule has 0 bridgehead atoms. The molecule has 3 rings (SSSR count). The number of hydrogen-bond donors (Lipinski definition) is 1. The van der Waals surface area contributed by atoms with Crippen molar-refractivity contribution in [2.75, 3.05) is 42.2 Å². The fourth-order valence-corrected chi connectivity index (χ4v) is 4.79. The molecule has 2 aromatic carbocycles. The number of aryl methyl sites for hydroxylation is 2. The van der Waals surface area contributed by atoms with E-state index in [1.165, 1.54) is 6.92 Å². The zero-order valence-corrected chi connectivity index (χ0v) is 19.6. The Morgan fingerprint density at radius 1 is 1.06 bits per heavy atom. The number of nitrogens with one attached hydrogen (secondary N) is 1. The Hall–Kier alpha value is -2.91. The van der Waals surface area contributed by atoms with E-state index in [0.717, 1.165) is 21.7 Å². The van der Waals surface area contributed by atoms with Gasteiger partial charge in [0.2, 0.25) is 15.9 Å². The molecule has 0 unspecified atom stereocenters. The van der Waals surface area contributed by atoms with Crippen molar-refractivity contribution in [1.29, 1.82) is 0 Å². The largest absolute Gasteiger partial charge is 0.378 e. The number of carbonyl (C=O) groups is 2. The monoisotopic (exact) mass is 459 g/mol. The normalized spacial score (nSPS) is 15.2. The Balaban J connectivity index is 1.87. The van der Waals surface area contributed by atoms with Crippen LogP contribution in [0.3, 0.4) is 0 Å². The van der Waals surface area contributed by atoms with Gasteiger partial charge in [-0.25, -0.2) is 8.42 Å². The Morgan fingerprint density at radius 3 is 2.34 bits per heavy atom. The van der Waals surface area contributed by atoms with Gasteiger partial charge in [-0.15, -0.1) is 0 Å². The van der Waals surface area contributed by atoms with E-state index in [1.54, 1.807) is 41.3 Å². The van der Waals surface area contributed by atoms with Crippen molar-refractivity contribution in [2.24, 2.45) is 0 Å². The molecule has 172 valence electrons. The van der Waals surface area contributed by atoms with Gasteiger partial charge in [0.1, 0.15) is 6.04 Å². The second-order valence-electron chi connectivity index (χ2n) is 7.94. The van der Waals surface area contributed by atoms with E-state index < -0.39 is 22.0 Å². The highest BCUT2D eigenvalue weighted by Crippen LogP contribution is 2.25. The molecule has 1 heterocycles. The van der Waals surface area contributed by atoms with Crippen molar-refractivity contribution in [3.8, 4) is 0 Å². The molecule has 32 heavy (non-hydrogen) atoms. The minimum absolute atomic E-state index is 0.203. The van der Waals surface area contributed by atoms with Crippen molar-refractivity contribution in [3.63, 3.8) is 0 Å². The van der Waals surface area contributed by atoms with Crippen molar-refractivity contribution in [2.45, 2.75) is 26.8 Å². The minimum atomic E-state index is -3.74. The van der Waals surface area contributed by atoms with E-state index in [2.05, 4.69) is 5.32 Å². The summed E-state index contributed by atoms with van der Waals surface area (Å²) in [5, 5.41) is 2.75. The summed E-state index contributed by atoms with van der Waals surface area (Å²) in [7, 11) is -3.74. The molecular weight excluding hydrogens is 430 g/mol. The Kier molecular flexibility index (Phi) is 7.20. The van der Waals surface area contributed by atoms with Crippen LogP contribution < -0.4 is 9.62 Å². The first-order chi connectivity index (χ1) is 15.1. The third kappa shape index (κ3) is 5.28. The standard InChI is InChI=1S/C23H29N3O5S/c1-16-9-10-19(15-17(16)2)26(32(4,29)30)18(3)22(27)24-21-8-6-5-7-20(21)23(28)25-11-13-31-14-12-25/h5-10,15,18H,11-14H2,1-4H3,(H,24,27)/t18-/m1/s1. The molecule has 1 saturated heterocycles. The van der Waals surface area contributed by atoms with Gasteiger partial charge in [0.25, 0.3) is 5.91 Å². The number of anilines is 2. The number of sulfonamides is 1. The highest BCUT2D eigenvalue weighted by Gasteiger charge is 2.30. The van der Waals surface area contributed by atoms with Gasteiger partial charge in [-0.3, -0.25) is 13.9 Å². The fourth-order valence-electron chi connectivity index (χ4n) is 3.62. The second kappa shape index (κ2) is 9.70. The summed E-state index contributed by atoms with van der Waals surface area (Å²) < 4.78 is 31.6. The number of para-hydroxylation sites is 1. The van der Waals surface area contributed by atoms with E-state index in [-0.39, 0.29) is 5.91 Å². The Labute approximate surface area is 189 Å².